The molecule has 0 spiro atoms. The second-order valence-corrected chi connectivity index (χ2v) is 5.10. The third kappa shape index (κ3) is 2.43. The molecule has 0 bridgehead atoms. The van der Waals surface area contributed by atoms with Crippen molar-refractivity contribution in [3.05, 3.63) is 35.7 Å². The zero-order valence-electron chi connectivity index (χ0n) is 11.0. The Bertz CT molecular complexity index is 618. The number of para-hydroxylation sites is 2. The molecule has 0 unspecified atom stereocenters. The van der Waals surface area contributed by atoms with Crippen LogP contribution in [0.25, 0.3) is 11.0 Å². The number of amides is 1. The minimum Gasteiger partial charge on any atom is -0.348 e. The summed E-state index contributed by atoms with van der Waals surface area (Å²) in [4.78, 5) is 21.1. The third-order valence-electron chi connectivity index (χ3n) is 3.65. The summed E-state index contributed by atoms with van der Waals surface area (Å²) in [5, 5.41) is 3.06. The summed E-state index contributed by atoms with van der Waals surface area (Å²) in [5.41, 5.74) is 2.74. The van der Waals surface area contributed by atoms with Gasteiger partial charge in [0.25, 0.3) is 5.91 Å². The molecule has 0 saturated heterocycles. The molecule has 4 heteroatoms. The second-order valence-electron chi connectivity index (χ2n) is 5.10. The highest BCUT2D eigenvalue weighted by atomic mass is 16.2. The molecule has 3 rings (SSSR count). The fourth-order valence-corrected chi connectivity index (χ4v) is 2.63. The Kier molecular flexibility index (Phi) is 3.15. The normalized spacial score (nSPS) is 15.8. The molecule has 1 saturated carbocycles. The zero-order chi connectivity index (χ0) is 13.2. The van der Waals surface area contributed by atoms with Gasteiger partial charge in [-0.1, -0.05) is 25.0 Å². The van der Waals surface area contributed by atoms with Gasteiger partial charge in [0.15, 0.2) is 0 Å². The van der Waals surface area contributed by atoms with Crippen LogP contribution in [0.4, 0.5) is 0 Å². The molecule has 1 N–H and O–H groups in total. The Hall–Kier alpha value is -1.97. The molecule has 0 radical (unpaired) electrons. The highest BCUT2D eigenvalue weighted by Crippen LogP contribution is 2.18. The Labute approximate surface area is 112 Å². The van der Waals surface area contributed by atoms with Gasteiger partial charge in [-0.3, -0.25) is 4.79 Å². The number of aromatic nitrogens is 2. The molecule has 1 heterocycles. The first-order valence-corrected chi connectivity index (χ1v) is 6.78. The number of nitrogens with one attached hydrogen (secondary N) is 1. The molecular formula is C15H17N3O. The van der Waals surface area contributed by atoms with Crippen LogP contribution in [0, 0.1) is 6.92 Å². The van der Waals surface area contributed by atoms with Crippen molar-refractivity contribution in [3.8, 4) is 0 Å². The van der Waals surface area contributed by atoms with Gasteiger partial charge in [-0.25, -0.2) is 9.97 Å². The molecule has 1 aromatic heterocycles. The van der Waals surface area contributed by atoms with E-state index < -0.39 is 0 Å². The molecular weight excluding hydrogens is 238 g/mol. The molecule has 0 aliphatic heterocycles. The maximum absolute atomic E-state index is 12.3. The molecule has 2 aromatic rings. The van der Waals surface area contributed by atoms with Gasteiger partial charge in [-0.2, -0.15) is 0 Å². The van der Waals surface area contributed by atoms with Crippen molar-refractivity contribution in [1.29, 1.82) is 0 Å². The maximum atomic E-state index is 12.3. The molecule has 1 amide bonds. The van der Waals surface area contributed by atoms with Crippen LogP contribution in [0.3, 0.4) is 0 Å². The van der Waals surface area contributed by atoms with Crippen molar-refractivity contribution in [2.75, 3.05) is 0 Å². The largest absolute Gasteiger partial charge is 0.348 e. The van der Waals surface area contributed by atoms with Gasteiger partial charge in [-0.05, 0) is 31.9 Å². The van der Waals surface area contributed by atoms with Crippen molar-refractivity contribution in [3.63, 3.8) is 0 Å². The lowest BCUT2D eigenvalue weighted by molar-refractivity contribution is 0.0932. The molecule has 4 nitrogen and oxygen atoms in total. The first kappa shape index (κ1) is 12.1. The van der Waals surface area contributed by atoms with E-state index in [-0.39, 0.29) is 5.91 Å². The van der Waals surface area contributed by atoms with Crippen LogP contribution in [0.2, 0.25) is 0 Å². The average Bonchev–Trinajstić information content (AvgIpc) is 2.90. The lowest BCUT2D eigenvalue weighted by Crippen LogP contribution is -2.33. The minimum atomic E-state index is -0.0948. The number of rotatable bonds is 2. The summed E-state index contributed by atoms with van der Waals surface area (Å²) < 4.78 is 0. The van der Waals surface area contributed by atoms with Crippen LogP contribution in [-0.2, 0) is 0 Å². The number of carbonyl (C=O) groups excluding carboxylic acids is 1. The SMILES string of the molecule is Cc1nc2ccccc2nc1C(=O)NC1CCCC1. The second kappa shape index (κ2) is 4.96. The first-order valence-electron chi connectivity index (χ1n) is 6.78. The summed E-state index contributed by atoms with van der Waals surface area (Å²) in [7, 11) is 0. The number of nitrogens with zero attached hydrogens (tertiary/aromatic N) is 2. The number of hydrogen-bond donors (Lipinski definition) is 1. The number of benzene rings is 1. The highest BCUT2D eigenvalue weighted by molar-refractivity contribution is 5.95. The summed E-state index contributed by atoms with van der Waals surface area (Å²) in [5.74, 6) is -0.0948. The van der Waals surface area contributed by atoms with Crippen LogP contribution in [0.5, 0.6) is 0 Å². The lowest BCUT2D eigenvalue weighted by atomic mass is 10.2. The summed E-state index contributed by atoms with van der Waals surface area (Å²) in [6.45, 7) is 1.84. The molecule has 1 aliphatic rings. The molecule has 1 aromatic carbocycles. The smallest absolute Gasteiger partial charge is 0.272 e. The van der Waals surface area contributed by atoms with Crippen LogP contribution in [0.15, 0.2) is 24.3 Å². The minimum absolute atomic E-state index is 0.0948. The van der Waals surface area contributed by atoms with E-state index in [0.29, 0.717) is 17.4 Å². The summed E-state index contributed by atoms with van der Waals surface area (Å²) in [6, 6.07) is 7.93. The zero-order valence-corrected chi connectivity index (χ0v) is 11.0. The Morgan fingerprint density at radius 2 is 1.79 bits per heavy atom. The topological polar surface area (TPSA) is 54.9 Å². The molecule has 19 heavy (non-hydrogen) atoms. The van der Waals surface area contributed by atoms with E-state index in [9.17, 15) is 4.79 Å². The quantitative estimate of drug-likeness (QED) is 0.897. The number of fused-ring (bicyclic) bond motifs is 1. The maximum Gasteiger partial charge on any atom is 0.272 e. The Morgan fingerprint density at radius 3 is 2.47 bits per heavy atom. The van der Waals surface area contributed by atoms with Gasteiger partial charge in [0, 0.05) is 6.04 Å². The van der Waals surface area contributed by atoms with Gasteiger partial charge < -0.3 is 5.32 Å². The van der Waals surface area contributed by atoms with Gasteiger partial charge in [0.1, 0.15) is 5.69 Å². The van der Waals surface area contributed by atoms with E-state index in [1.165, 1.54) is 12.8 Å². The Balaban J connectivity index is 1.90. The Morgan fingerprint density at radius 1 is 1.16 bits per heavy atom. The standard InChI is InChI=1S/C15H17N3O/c1-10-14(15(19)17-11-6-2-3-7-11)18-13-9-5-4-8-12(13)16-10/h4-5,8-9,11H,2-3,6-7H2,1H3,(H,17,19). The highest BCUT2D eigenvalue weighted by Gasteiger charge is 2.20. The fourth-order valence-electron chi connectivity index (χ4n) is 2.63. The monoisotopic (exact) mass is 255 g/mol. The number of aryl methyl sites for hydroxylation is 1. The summed E-state index contributed by atoms with van der Waals surface area (Å²) in [6.07, 6.45) is 4.55. The predicted molar refractivity (Wildman–Crippen MR) is 74.0 cm³/mol. The van der Waals surface area contributed by atoms with Crippen molar-refractivity contribution in [2.24, 2.45) is 0 Å². The van der Waals surface area contributed by atoms with Crippen LogP contribution in [-0.4, -0.2) is 21.9 Å². The van der Waals surface area contributed by atoms with E-state index >= 15 is 0 Å². The van der Waals surface area contributed by atoms with Crippen molar-refractivity contribution in [2.45, 2.75) is 38.6 Å². The van der Waals surface area contributed by atoms with Crippen LogP contribution in [0.1, 0.15) is 41.9 Å². The van der Waals surface area contributed by atoms with E-state index in [4.69, 9.17) is 0 Å². The lowest BCUT2D eigenvalue weighted by Gasteiger charge is -2.12. The van der Waals surface area contributed by atoms with E-state index in [1.54, 1.807) is 0 Å². The van der Waals surface area contributed by atoms with Crippen molar-refractivity contribution in [1.82, 2.24) is 15.3 Å². The molecule has 98 valence electrons. The van der Waals surface area contributed by atoms with E-state index in [1.807, 2.05) is 31.2 Å². The van der Waals surface area contributed by atoms with Gasteiger partial charge >= 0.3 is 0 Å². The predicted octanol–water partition coefficient (Wildman–Crippen LogP) is 2.61. The van der Waals surface area contributed by atoms with Gasteiger partial charge in [0.2, 0.25) is 0 Å². The van der Waals surface area contributed by atoms with E-state index in [2.05, 4.69) is 15.3 Å². The van der Waals surface area contributed by atoms with Gasteiger partial charge in [0.05, 0.1) is 16.7 Å². The van der Waals surface area contributed by atoms with Crippen LogP contribution < -0.4 is 5.32 Å². The van der Waals surface area contributed by atoms with Crippen LogP contribution >= 0.6 is 0 Å². The average molecular weight is 255 g/mol. The molecule has 0 atom stereocenters. The summed E-state index contributed by atoms with van der Waals surface area (Å²) >= 11 is 0. The first-order chi connectivity index (χ1) is 9.24. The van der Waals surface area contributed by atoms with Gasteiger partial charge in [-0.15, -0.1) is 0 Å². The van der Waals surface area contributed by atoms with E-state index in [0.717, 1.165) is 23.9 Å². The van der Waals surface area contributed by atoms with Crippen molar-refractivity contribution < 1.29 is 4.79 Å². The number of hydrogen-bond acceptors (Lipinski definition) is 3. The van der Waals surface area contributed by atoms with Crippen molar-refractivity contribution >= 4 is 16.9 Å². The molecule has 1 aliphatic carbocycles. The fraction of sp³-hybridized carbons (Fsp3) is 0.400. The number of carbonyl (C=O) groups is 1. The molecule has 1 fully saturated rings. The third-order valence-corrected chi connectivity index (χ3v) is 3.65.